The number of alkyl halides is 3. The summed E-state index contributed by atoms with van der Waals surface area (Å²) < 4.78 is 37.3. The highest BCUT2D eigenvalue weighted by Gasteiger charge is 2.32. The van der Waals surface area contributed by atoms with Gasteiger partial charge >= 0.3 is 6.18 Å². The van der Waals surface area contributed by atoms with Gasteiger partial charge in [0.2, 0.25) is 0 Å². The van der Waals surface area contributed by atoms with Crippen molar-refractivity contribution in [2.75, 3.05) is 5.73 Å². The molecule has 0 aliphatic heterocycles. The van der Waals surface area contributed by atoms with Crippen LogP contribution < -0.4 is 5.73 Å². The fourth-order valence-corrected chi connectivity index (χ4v) is 1.10. The first-order valence-corrected chi connectivity index (χ1v) is 3.98. The van der Waals surface area contributed by atoms with Gasteiger partial charge in [-0.15, -0.1) is 0 Å². The zero-order valence-corrected chi connectivity index (χ0v) is 7.55. The predicted octanol–water partition coefficient (Wildman–Crippen LogP) is 2.82. The molecule has 78 valence electrons. The maximum absolute atomic E-state index is 12.4. The van der Waals surface area contributed by atoms with E-state index in [9.17, 15) is 13.2 Å². The summed E-state index contributed by atoms with van der Waals surface area (Å²) in [7, 11) is 0. The molecule has 0 saturated heterocycles. The van der Waals surface area contributed by atoms with Crippen molar-refractivity contribution >= 4 is 11.8 Å². The Hall–Kier alpha value is -1.96. The van der Waals surface area contributed by atoms with Gasteiger partial charge in [-0.3, -0.25) is 0 Å². The Morgan fingerprint density at radius 3 is 2.53 bits per heavy atom. The third kappa shape index (κ3) is 2.74. The van der Waals surface area contributed by atoms with Crippen LogP contribution in [0.1, 0.15) is 11.1 Å². The fourth-order valence-electron chi connectivity index (χ4n) is 1.10. The summed E-state index contributed by atoms with van der Waals surface area (Å²) in [4.78, 5) is 0. The molecule has 1 aromatic rings. The molecule has 0 bridgehead atoms. The molecule has 5 heteroatoms. The van der Waals surface area contributed by atoms with Crippen molar-refractivity contribution in [3.8, 4) is 6.07 Å². The van der Waals surface area contributed by atoms with Gasteiger partial charge in [0.25, 0.3) is 0 Å². The highest BCUT2D eigenvalue weighted by Crippen LogP contribution is 2.33. The molecule has 0 aliphatic rings. The molecule has 0 radical (unpaired) electrons. The molecule has 0 aromatic heterocycles. The molecule has 0 atom stereocenters. The van der Waals surface area contributed by atoms with Crippen LogP contribution in [-0.4, -0.2) is 0 Å². The summed E-state index contributed by atoms with van der Waals surface area (Å²) >= 11 is 0. The number of halogens is 3. The lowest BCUT2D eigenvalue weighted by Crippen LogP contribution is -2.07. The van der Waals surface area contributed by atoms with E-state index < -0.39 is 11.7 Å². The van der Waals surface area contributed by atoms with E-state index in [0.717, 1.165) is 18.2 Å². The Morgan fingerprint density at radius 2 is 2.00 bits per heavy atom. The molecule has 2 nitrogen and oxygen atoms in total. The highest BCUT2D eigenvalue weighted by atomic mass is 19.4. The monoisotopic (exact) mass is 212 g/mol. The molecule has 0 heterocycles. The maximum atomic E-state index is 12.4. The van der Waals surface area contributed by atoms with Crippen LogP contribution in [0.15, 0.2) is 24.3 Å². The van der Waals surface area contributed by atoms with E-state index in [1.165, 1.54) is 12.1 Å². The van der Waals surface area contributed by atoms with Crippen LogP contribution in [0.25, 0.3) is 6.08 Å². The SMILES string of the molecule is N#CC=Cc1cc(N)ccc1C(F)(F)F. The summed E-state index contributed by atoms with van der Waals surface area (Å²) in [6.45, 7) is 0. The van der Waals surface area contributed by atoms with Gasteiger partial charge in [-0.25, -0.2) is 0 Å². The van der Waals surface area contributed by atoms with Crippen LogP contribution in [0.2, 0.25) is 0 Å². The van der Waals surface area contributed by atoms with Gasteiger partial charge in [-0.1, -0.05) is 0 Å². The molecule has 0 aliphatic carbocycles. The molecule has 0 fully saturated rings. The van der Waals surface area contributed by atoms with Crippen LogP contribution in [0, 0.1) is 11.3 Å². The van der Waals surface area contributed by atoms with E-state index in [1.807, 2.05) is 0 Å². The molecule has 0 amide bonds. The molecular weight excluding hydrogens is 205 g/mol. The number of rotatable bonds is 1. The largest absolute Gasteiger partial charge is 0.416 e. The first-order chi connectivity index (χ1) is 6.95. The second-order valence-corrected chi connectivity index (χ2v) is 2.81. The van der Waals surface area contributed by atoms with E-state index in [0.29, 0.717) is 0 Å². The minimum absolute atomic E-state index is 0.107. The lowest BCUT2D eigenvalue weighted by molar-refractivity contribution is -0.137. The van der Waals surface area contributed by atoms with Crippen molar-refractivity contribution in [1.82, 2.24) is 0 Å². The highest BCUT2D eigenvalue weighted by molar-refractivity contribution is 5.61. The van der Waals surface area contributed by atoms with Gasteiger partial charge in [0.1, 0.15) is 0 Å². The van der Waals surface area contributed by atoms with Gasteiger partial charge in [0.05, 0.1) is 11.6 Å². The molecule has 1 rings (SSSR count). The molecular formula is C10H7F3N2. The van der Waals surface area contributed by atoms with E-state index in [2.05, 4.69) is 0 Å². The van der Waals surface area contributed by atoms with Gasteiger partial charge in [-0.2, -0.15) is 18.4 Å². The number of nitrogen functional groups attached to an aromatic ring is 1. The maximum Gasteiger partial charge on any atom is 0.416 e. The normalized spacial score (nSPS) is 11.6. The Labute approximate surface area is 84.4 Å². The number of hydrogen-bond donors (Lipinski definition) is 1. The Kier molecular flexibility index (Phi) is 3.00. The van der Waals surface area contributed by atoms with E-state index in [4.69, 9.17) is 11.0 Å². The van der Waals surface area contributed by atoms with Crippen LogP contribution in [-0.2, 0) is 6.18 Å². The number of anilines is 1. The second kappa shape index (κ2) is 4.05. The quantitative estimate of drug-likeness (QED) is 0.574. The Balaban J connectivity index is 3.28. The minimum Gasteiger partial charge on any atom is -0.399 e. The second-order valence-electron chi connectivity index (χ2n) is 2.81. The van der Waals surface area contributed by atoms with Gasteiger partial charge in [-0.05, 0) is 29.8 Å². The smallest absolute Gasteiger partial charge is 0.399 e. The number of nitriles is 1. The average Bonchev–Trinajstić information content (AvgIpc) is 2.12. The molecule has 0 saturated carbocycles. The van der Waals surface area contributed by atoms with E-state index in [-0.39, 0.29) is 11.3 Å². The average molecular weight is 212 g/mol. The molecule has 15 heavy (non-hydrogen) atoms. The van der Waals surface area contributed by atoms with E-state index >= 15 is 0 Å². The fraction of sp³-hybridized carbons (Fsp3) is 0.100. The molecule has 0 unspecified atom stereocenters. The van der Waals surface area contributed by atoms with Gasteiger partial charge in [0, 0.05) is 11.8 Å². The van der Waals surface area contributed by atoms with Crippen LogP contribution in [0.5, 0.6) is 0 Å². The third-order valence-corrected chi connectivity index (χ3v) is 1.72. The van der Waals surface area contributed by atoms with Crippen molar-refractivity contribution < 1.29 is 13.2 Å². The van der Waals surface area contributed by atoms with E-state index in [1.54, 1.807) is 6.07 Å². The topological polar surface area (TPSA) is 49.8 Å². The van der Waals surface area contributed by atoms with Crippen LogP contribution in [0.4, 0.5) is 18.9 Å². The number of benzene rings is 1. The summed E-state index contributed by atoms with van der Waals surface area (Å²) in [5.74, 6) is 0. The lowest BCUT2D eigenvalue weighted by Gasteiger charge is -2.10. The first kappa shape index (κ1) is 11.1. The minimum atomic E-state index is -4.44. The zero-order chi connectivity index (χ0) is 11.5. The number of nitrogens with zero attached hydrogens (tertiary/aromatic N) is 1. The zero-order valence-electron chi connectivity index (χ0n) is 7.55. The van der Waals surface area contributed by atoms with Crippen LogP contribution >= 0.6 is 0 Å². The lowest BCUT2D eigenvalue weighted by atomic mass is 10.1. The summed E-state index contributed by atoms with van der Waals surface area (Å²) in [5.41, 5.74) is 4.67. The van der Waals surface area contributed by atoms with Gasteiger partial charge < -0.3 is 5.73 Å². The predicted molar refractivity (Wildman–Crippen MR) is 50.5 cm³/mol. The first-order valence-electron chi connectivity index (χ1n) is 3.98. The van der Waals surface area contributed by atoms with Crippen molar-refractivity contribution in [1.29, 1.82) is 5.26 Å². The molecule has 2 N–H and O–H groups in total. The van der Waals surface area contributed by atoms with Crippen molar-refractivity contribution in [3.05, 3.63) is 35.4 Å². The molecule has 0 spiro atoms. The van der Waals surface area contributed by atoms with Gasteiger partial charge in [0.15, 0.2) is 0 Å². The number of nitrogens with two attached hydrogens (primary N) is 1. The van der Waals surface area contributed by atoms with Crippen molar-refractivity contribution in [2.45, 2.75) is 6.18 Å². The Morgan fingerprint density at radius 1 is 1.33 bits per heavy atom. The number of allylic oxidation sites excluding steroid dienone is 1. The van der Waals surface area contributed by atoms with Crippen LogP contribution in [0.3, 0.4) is 0 Å². The van der Waals surface area contributed by atoms with Crippen molar-refractivity contribution in [2.24, 2.45) is 0 Å². The summed E-state index contributed by atoms with van der Waals surface area (Å²) in [6, 6.07) is 4.87. The number of hydrogen-bond acceptors (Lipinski definition) is 2. The summed E-state index contributed by atoms with van der Waals surface area (Å²) in [6.07, 6.45) is -2.38. The summed E-state index contributed by atoms with van der Waals surface area (Å²) in [5, 5.41) is 8.24. The van der Waals surface area contributed by atoms with Crippen molar-refractivity contribution in [3.63, 3.8) is 0 Å². The molecule has 1 aromatic carbocycles. The Bertz CT molecular complexity index is 427. The standard InChI is InChI=1S/C10H7F3N2/c11-10(12,13)9-4-3-8(15)6-7(9)2-1-5-14/h1-4,6H,15H2. The third-order valence-electron chi connectivity index (χ3n) is 1.72.